The molecular weight excluding hydrogens is 322 g/mol. The first-order valence-electron chi connectivity index (χ1n) is 7.63. The molecule has 122 valence electrons. The zero-order valence-corrected chi connectivity index (χ0v) is 14.1. The molecule has 0 spiro atoms. The van der Waals surface area contributed by atoms with E-state index in [1.54, 1.807) is 6.08 Å². The summed E-state index contributed by atoms with van der Waals surface area (Å²) in [4.78, 5) is 26.1. The van der Waals surface area contributed by atoms with E-state index in [1.807, 2.05) is 61.5 Å². The van der Waals surface area contributed by atoms with E-state index in [1.165, 1.54) is 4.90 Å². The molecule has 2 aromatic carbocycles. The molecule has 24 heavy (non-hydrogen) atoms. The maximum Gasteiger partial charge on any atom is 0.293 e. The highest BCUT2D eigenvalue weighted by molar-refractivity contribution is 8.18. The van der Waals surface area contributed by atoms with E-state index in [0.29, 0.717) is 4.91 Å². The maximum absolute atomic E-state index is 12.4. The Hall–Kier alpha value is -2.53. The van der Waals surface area contributed by atoms with Crippen molar-refractivity contribution in [2.45, 2.75) is 6.92 Å². The average molecular weight is 339 g/mol. The molecule has 5 heteroatoms. The summed E-state index contributed by atoms with van der Waals surface area (Å²) in [6.45, 7) is 2.52. The molecule has 0 radical (unpaired) electrons. The van der Waals surface area contributed by atoms with Crippen LogP contribution in [0.2, 0.25) is 0 Å². The van der Waals surface area contributed by atoms with Gasteiger partial charge in [-0.25, -0.2) is 0 Å². The Morgan fingerprint density at radius 2 is 1.75 bits per heavy atom. The molecule has 3 rings (SSSR count). The molecule has 2 aromatic rings. The molecule has 0 saturated carbocycles. The SMILES string of the molecule is Cc1ccc(OCCN2C(=O)S/C(=C\c3ccccc3)C2=O)cc1. The summed E-state index contributed by atoms with van der Waals surface area (Å²) in [7, 11) is 0. The number of carbonyl (C=O) groups is 2. The number of amides is 2. The van der Waals surface area contributed by atoms with E-state index in [9.17, 15) is 9.59 Å². The molecule has 0 N–H and O–H groups in total. The number of imide groups is 1. The van der Waals surface area contributed by atoms with E-state index in [4.69, 9.17) is 4.74 Å². The van der Waals surface area contributed by atoms with Crippen LogP contribution in [-0.4, -0.2) is 29.2 Å². The van der Waals surface area contributed by atoms with Crippen LogP contribution in [0.25, 0.3) is 6.08 Å². The molecule has 1 saturated heterocycles. The number of rotatable bonds is 5. The zero-order valence-electron chi connectivity index (χ0n) is 13.3. The van der Waals surface area contributed by atoms with Crippen molar-refractivity contribution in [2.24, 2.45) is 0 Å². The van der Waals surface area contributed by atoms with Gasteiger partial charge in [-0.05, 0) is 42.5 Å². The van der Waals surface area contributed by atoms with Gasteiger partial charge in [-0.3, -0.25) is 14.5 Å². The molecule has 1 fully saturated rings. The number of hydrogen-bond acceptors (Lipinski definition) is 4. The Morgan fingerprint density at radius 1 is 1.04 bits per heavy atom. The highest BCUT2D eigenvalue weighted by Gasteiger charge is 2.34. The molecule has 0 unspecified atom stereocenters. The van der Waals surface area contributed by atoms with Crippen LogP contribution in [-0.2, 0) is 4.79 Å². The second-order valence-corrected chi connectivity index (χ2v) is 6.40. The third-order valence-electron chi connectivity index (χ3n) is 3.58. The van der Waals surface area contributed by atoms with Crippen molar-refractivity contribution in [1.29, 1.82) is 0 Å². The van der Waals surface area contributed by atoms with Crippen LogP contribution in [0.4, 0.5) is 4.79 Å². The number of nitrogens with zero attached hydrogens (tertiary/aromatic N) is 1. The third kappa shape index (κ3) is 3.86. The van der Waals surface area contributed by atoms with Crippen molar-refractivity contribution in [3.63, 3.8) is 0 Å². The first-order valence-corrected chi connectivity index (χ1v) is 8.45. The Labute approximate surface area is 145 Å². The first kappa shape index (κ1) is 16.3. The van der Waals surface area contributed by atoms with Gasteiger partial charge < -0.3 is 4.74 Å². The van der Waals surface area contributed by atoms with Crippen molar-refractivity contribution >= 4 is 29.0 Å². The van der Waals surface area contributed by atoms with Gasteiger partial charge in [0.05, 0.1) is 11.4 Å². The topological polar surface area (TPSA) is 46.6 Å². The van der Waals surface area contributed by atoms with E-state index in [2.05, 4.69) is 0 Å². The highest BCUT2D eigenvalue weighted by atomic mass is 32.2. The van der Waals surface area contributed by atoms with Crippen LogP contribution in [0.3, 0.4) is 0 Å². The number of aryl methyl sites for hydroxylation is 1. The van der Waals surface area contributed by atoms with Crippen molar-refractivity contribution in [3.05, 3.63) is 70.6 Å². The highest BCUT2D eigenvalue weighted by Crippen LogP contribution is 2.31. The van der Waals surface area contributed by atoms with Gasteiger partial charge >= 0.3 is 0 Å². The first-order chi connectivity index (χ1) is 11.6. The van der Waals surface area contributed by atoms with Gasteiger partial charge in [-0.2, -0.15) is 0 Å². The summed E-state index contributed by atoms with van der Waals surface area (Å²) in [5, 5.41) is -0.255. The smallest absolute Gasteiger partial charge is 0.293 e. The van der Waals surface area contributed by atoms with Crippen LogP contribution in [0.5, 0.6) is 5.75 Å². The van der Waals surface area contributed by atoms with E-state index >= 15 is 0 Å². The van der Waals surface area contributed by atoms with Gasteiger partial charge in [-0.1, -0.05) is 48.0 Å². The second-order valence-electron chi connectivity index (χ2n) is 5.41. The van der Waals surface area contributed by atoms with E-state index < -0.39 is 0 Å². The summed E-state index contributed by atoms with van der Waals surface area (Å²) in [5.41, 5.74) is 2.05. The van der Waals surface area contributed by atoms with Crippen molar-refractivity contribution < 1.29 is 14.3 Å². The van der Waals surface area contributed by atoms with Gasteiger partial charge in [-0.15, -0.1) is 0 Å². The quantitative estimate of drug-likeness (QED) is 0.769. The predicted octanol–water partition coefficient (Wildman–Crippen LogP) is 4.11. The number of thioether (sulfide) groups is 1. The summed E-state index contributed by atoms with van der Waals surface area (Å²) in [6, 6.07) is 17.2. The number of carbonyl (C=O) groups excluding carboxylic acids is 2. The van der Waals surface area contributed by atoms with Crippen LogP contribution >= 0.6 is 11.8 Å². The number of hydrogen-bond donors (Lipinski definition) is 0. The lowest BCUT2D eigenvalue weighted by Gasteiger charge is -2.13. The zero-order chi connectivity index (χ0) is 16.9. The number of ether oxygens (including phenoxy) is 1. The number of benzene rings is 2. The summed E-state index contributed by atoms with van der Waals surface area (Å²) < 4.78 is 5.60. The Bertz CT molecular complexity index is 769. The lowest BCUT2D eigenvalue weighted by molar-refractivity contribution is -0.123. The van der Waals surface area contributed by atoms with E-state index in [0.717, 1.165) is 28.6 Å². The average Bonchev–Trinajstić information content (AvgIpc) is 2.85. The summed E-state index contributed by atoms with van der Waals surface area (Å²) >= 11 is 0.968. The minimum Gasteiger partial charge on any atom is -0.492 e. The van der Waals surface area contributed by atoms with Gasteiger partial charge in [0.15, 0.2) is 0 Å². The Balaban J connectivity index is 1.60. The Kier molecular flexibility index (Phi) is 5.01. The fraction of sp³-hybridized carbons (Fsp3) is 0.158. The fourth-order valence-corrected chi connectivity index (χ4v) is 3.15. The molecule has 0 aromatic heterocycles. The van der Waals surface area contributed by atoms with E-state index in [-0.39, 0.29) is 24.3 Å². The van der Waals surface area contributed by atoms with Crippen LogP contribution in [0.15, 0.2) is 59.5 Å². The van der Waals surface area contributed by atoms with Crippen LogP contribution in [0.1, 0.15) is 11.1 Å². The predicted molar refractivity (Wildman–Crippen MR) is 95.8 cm³/mol. The largest absolute Gasteiger partial charge is 0.492 e. The molecule has 1 heterocycles. The van der Waals surface area contributed by atoms with Crippen molar-refractivity contribution in [3.8, 4) is 5.75 Å². The normalized spacial score (nSPS) is 16.0. The van der Waals surface area contributed by atoms with Crippen LogP contribution in [0, 0.1) is 6.92 Å². The minimum atomic E-state index is -0.263. The lowest BCUT2D eigenvalue weighted by Crippen LogP contribution is -2.32. The standard InChI is InChI=1S/C19H17NO3S/c1-14-7-9-16(10-8-14)23-12-11-20-18(21)17(24-19(20)22)13-15-5-3-2-4-6-15/h2-10,13H,11-12H2,1H3/b17-13-. The van der Waals surface area contributed by atoms with Crippen molar-refractivity contribution in [1.82, 2.24) is 4.90 Å². The van der Waals surface area contributed by atoms with Crippen molar-refractivity contribution in [2.75, 3.05) is 13.2 Å². The molecule has 0 bridgehead atoms. The van der Waals surface area contributed by atoms with Crippen LogP contribution < -0.4 is 4.74 Å². The molecular formula is C19H17NO3S. The summed E-state index contributed by atoms with van der Waals surface area (Å²) in [6.07, 6.45) is 1.74. The Morgan fingerprint density at radius 3 is 2.46 bits per heavy atom. The minimum absolute atomic E-state index is 0.241. The molecule has 1 aliphatic heterocycles. The molecule has 0 atom stereocenters. The fourth-order valence-electron chi connectivity index (χ4n) is 2.28. The van der Waals surface area contributed by atoms with Gasteiger partial charge in [0.25, 0.3) is 11.1 Å². The third-order valence-corrected chi connectivity index (χ3v) is 4.48. The molecule has 1 aliphatic rings. The molecule has 0 aliphatic carbocycles. The monoisotopic (exact) mass is 339 g/mol. The second kappa shape index (κ2) is 7.36. The maximum atomic E-state index is 12.4. The van der Waals surface area contributed by atoms with Gasteiger partial charge in [0.1, 0.15) is 12.4 Å². The van der Waals surface area contributed by atoms with Gasteiger partial charge in [0.2, 0.25) is 0 Å². The summed E-state index contributed by atoms with van der Waals surface area (Å²) in [5.74, 6) is 0.466. The molecule has 2 amide bonds. The lowest BCUT2D eigenvalue weighted by atomic mass is 10.2. The molecule has 4 nitrogen and oxygen atoms in total. The van der Waals surface area contributed by atoms with Gasteiger partial charge in [0, 0.05) is 0 Å².